The molecule has 3 aliphatic rings. The highest BCUT2D eigenvalue weighted by Crippen LogP contribution is 2.26. The molecule has 1 aromatic heterocycles. The molecule has 29 heavy (non-hydrogen) atoms. The molecule has 0 bridgehead atoms. The average molecular weight is 405 g/mol. The largest absolute Gasteiger partial charge is 0.449 e. The number of likely N-dealkylation sites (tertiary alicyclic amines) is 1. The van der Waals surface area contributed by atoms with Crippen molar-refractivity contribution in [2.45, 2.75) is 51.6 Å². The Balaban J connectivity index is 1.26. The van der Waals surface area contributed by atoms with Crippen molar-refractivity contribution < 1.29 is 18.8 Å². The molecule has 0 spiro atoms. The quantitative estimate of drug-likeness (QED) is 0.799. The molecule has 0 radical (unpaired) electrons. The van der Waals surface area contributed by atoms with Crippen LogP contribution >= 0.6 is 0 Å². The van der Waals surface area contributed by atoms with Gasteiger partial charge in [-0.2, -0.15) is 5.06 Å². The molecule has 160 valence electrons. The van der Waals surface area contributed by atoms with Crippen molar-refractivity contribution in [3.8, 4) is 0 Å². The Morgan fingerprint density at radius 2 is 1.97 bits per heavy atom. The lowest BCUT2D eigenvalue weighted by molar-refractivity contribution is -0.229. The Morgan fingerprint density at radius 1 is 1.21 bits per heavy atom. The number of urea groups is 1. The molecule has 9 nitrogen and oxygen atoms in total. The van der Waals surface area contributed by atoms with E-state index in [1.54, 1.807) is 11.3 Å². The second-order valence-electron chi connectivity index (χ2n) is 9.24. The van der Waals surface area contributed by atoms with Crippen LogP contribution < -0.4 is 5.32 Å². The molecule has 1 N–H and O–H groups in total. The lowest BCUT2D eigenvalue weighted by atomic mass is 9.92. The molecule has 0 unspecified atom stereocenters. The second-order valence-corrected chi connectivity index (χ2v) is 9.24. The summed E-state index contributed by atoms with van der Waals surface area (Å²) in [6, 6.07) is 0.0501. The summed E-state index contributed by atoms with van der Waals surface area (Å²) in [5, 5.41) is 4.65. The van der Waals surface area contributed by atoms with Crippen LogP contribution in [0.3, 0.4) is 0 Å². The zero-order valence-corrected chi connectivity index (χ0v) is 17.5. The molecule has 1 aromatic rings. The summed E-state index contributed by atoms with van der Waals surface area (Å²) >= 11 is 0. The normalized spacial score (nSPS) is 24.4. The maximum absolute atomic E-state index is 12.9. The Morgan fingerprint density at radius 3 is 2.66 bits per heavy atom. The monoisotopic (exact) mass is 405 g/mol. The number of nitrogens with zero attached hydrogens (tertiary/aromatic N) is 4. The van der Waals surface area contributed by atoms with E-state index in [-0.39, 0.29) is 30.1 Å². The minimum Gasteiger partial charge on any atom is -0.449 e. The molecule has 9 heteroatoms. The van der Waals surface area contributed by atoms with Gasteiger partial charge in [0.25, 0.3) is 0 Å². The van der Waals surface area contributed by atoms with Gasteiger partial charge in [-0.3, -0.25) is 9.63 Å². The van der Waals surface area contributed by atoms with E-state index in [9.17, 15) is 9.59 Å². The molecule has 3 saturated heterocycles. The fraction of sp³-hybridized carbons (Fsp3) is 0.750. The number of hydrogen-bond donors (Lipinski definition) is 1. The van der Waals surface area contributed by atoms with Crippen molar-refractivity contribution in [3.05, 3.63) is 17.8 Å². The summed E-state index contributed by atoms with van der Waals surface area (Å²) in [6.45, 7) is 9.59. The number of rotatable bonds is 2. The lowest BCUT2D eigenvalue weighted by Gasteiger charge is -2.44. The number of nitrogens with one attached hydrogen (secondary N) is 1. The summed E-state index contributed by atoms with van der Waals surface area (Å²) in [4.78, 5) is 38.3. The first-order valence-corrected chi connectivity index (χ1v) is 10.5. The number of oxazole rings is 1. The van der Waals surface area contributed by atoms with Crippen LogP contribution in [0.4, 0.5) is 4.79 Å². The minimum absolute atomic E-state index is 0.00953. The number of carbonyl (C=O) groups excluding carboxylic acids is 2. The molecular weight excluding hydrogens is 374 g/mol. The second kappa shape index (κ2) is 7.95. The van der Waals surface area contributed by atoms with Crippen molar-refractivity contribution in [2.24, 2.45) is 5.92 Å². The highest BCUT2D eigenvalue weighted by Gasteiger charge is 2.36. The molecular formula is C20H31N5O4. The summed E-state index contributed by atoms with van der Waals surface area (Å²) < 4.78 is 5.67. The summed E-state index contributed by atoms with van der Waals surface area (Å²) in [7, 11) is 0. The van der Waals surface area contributed by atoms with Gasteiger partial charge in [0.05, 0.1) is 12.2 Å². The van der Waals surface area contributed by atoms with Crippen LogP contribution in [0.15, 0.2) is 10.7 Å². The van der Waals surface area contributed by atoms with Crippen LogP contribution in [-0.2, 0) is 21.5 Å². The van der Waals surface area contributed by atoms with Gasteiger partial charge in [0.15, 0.2) is 5.89 Å². The van der Waals surface area contributed by atoms with E-state index in [2.05, 4.69) is 31.1 Å². The zero-order chi connectivity index (χ0) is 20.6. The van der Waals surface area contributed by atoms with Crippen molar-refractivity contribution in [3.63, 3.8) is 0 Å². The molecule has 3 fully saturated rings. The van der Waals surface area contributed by atoms with E-state index < -0.39 is 0 Å². The van der Waals surface area contributed by atoms with Gasteiger partial charge in [0.1, 0.15) is 19.0 Å². The third-order valence-electron chi connectivity index (χ3n) is 5.96. The number of aromatic nitrogens is 1. The fourth-order valence-electron chi connectivity index (χ4n) is 4.11. The maximum atomic E-state index is 12.9. The van der Waals surface area contributed by atoms with Gasteiger partial charge < -0.3 is 19.5 Å². The van der Waals surface area contributed by atoms with E-state index in [0.717, 1.165) is 43.9 Å². The number of fused-ring (bicyclic) bond motifs is 1. The van der Waals surface area contributed by atoms with Crippen molar-refractivity contribution in [1.82, 2.24) is 25.2 Å². The number of piperazine rings is 1. The van der Waals surface area contributed by atoms with Crippen LogP contribution in [0, 0.1) is 5.92 Å². The Hall–Kier alpha value is -2.13. The van der Waals surface area contributed by atoms with Crippen molar-refractivity contribution in [1.29, 1.82) is 0 Å². The van der Waals surface area contributed by atoms with Crippen LogP contribution in [-0.4, -0.2) is 77.3 Å². The highest BCUT2D eigenvalue weighted by molar-refractivity contribution is 5.78. The first-order valence-electron chi connectivity index (χ1n) is 10.5. The smallest absolute Gasteiger partial charge is 0.320 e. The number of amides is 3. The van der Waals surface area contributed by atoms with Gasteiger partial charge in [0, 0.05) is 38.0 Å². The van der Waals surface area contributed by atoms with Crippen LogP contribution in [0.5, 0.6) is 0 Å². The fourth-order valence-corrected chi connectivity index (χ4v) is 4.11. The summed E-state index contributed by atoms with van der Waals surface area (Å²) in [5.74, 6) is 1.14. The first kappa shape index (κ1) is 20.2. The van der Waals surface area contributed by atoms with Gasteiger partial charge in [-0.05, 0) is 18.8 Å². The Kier molecular flexibility index (Phi) is 5.52. The maximum Gasteiger partial charge on any atom is 0.320 e. The number of hydroxylamine groups is 2. The SMILES string of the molecule is CC(C)(C)c1coc(CC2CCN(C(=O)N3CCN4OCC(=O)N[C@H]4C3)CC2)n1. The Bertz CT molecular complexity index is 750. The lowest BCUT2D eigenvalue weighted by Crippen LogP contribution is -2.65. The number of carbonyl (C=O) groups is 2. The molecule has 3 aliphatic heterocycles. The van der Waals surface area contributed by atoms with E-state index in [0.29, 0.717) is 25.6 Å². The molecule has 1 atom stereocenters. The topological polar surface area (TPSA) is 91.2 Å². The van der Waals surface area contributed by atoms with Crippen LogP contribution in [0.2, 0.25) is 0 Å². The van der Waals surface area contributed by atoms with E-state index >= 15 is 0 Å². The molecule has 3 amide bonds. The van der Waals surface area contributed by atoms with E-state index in [1.807, 2.05) is 9.80 Å². The third kappa shape index (κ3) is 4.56. The van der Waals surface area contributed by atoms with Gasteiger partial charge in [0.2, 0.25) is 5.91 Å². The molecule has 0 aromatic carbocycles. The van der Waals surface area contributed by atoms with E-state index in [1.165, 1.54) is 0 Å². The predicted octanol–water partition coefficient (Wildman–Crippen LogP) is 1.35. The van der Waals surface area contributed by atoms with Gasteiger partial charge in [-0.15, -0.1) is 0 Å². The Labute approximate surface area is 171 Å². The van der Waals surface area contributed by atoms with E-state index in [4.69, 9.17) is 9.25 Å². The number of hydrogen-bond acceptors (Lipinski definition) is 6. The molecule has 4 heterocycles. The van der Waals surface area contributed by atoms with Gasteiger partial charge in [-0.1, -0.05) is 20.8 Å². The predicted molar refractivity (Wildman–Crippen MR) is 105 cm³/mol. The average Bonchev–Trinajstić information content (AvgIpc) is 3.16. The first-order chi connectivity index (χ1) is 13.8. The van der Waals surface area contributed by atoms with Gasteiger partial charge >= 0.3 is 6.03 Å². The summed E-state index contributed by atoms with van der Waals surface area (Å²) in [5.41, 5.74) is 0.975. The van der Waals surface area contributed by atoms with Crippen LogP contribution in [0.1, 0.15) is 45.2 Å². The minimum atomic E-state index is -0.256. The van der Waals surface area contributed by atoms with Crippen LogP contribution in [0.25, 0.3) is 0 Å². The standard InChI is InChI=1S/C20H31N5O4/c1-20(2,3)15-12-28-18(21-15)10-14-4-6-23(7-5-14)19(27)24-8-9-25-16(11-24)22-17(26)13-29-25/h12,14,16H,4-11,13H2,1-3H3,(H,22,26)/t16-/m1/s1. The third-order valence-corrected chi connectivity index (χ3v) is 5.96. The zero-order valence-electron chi connectivity index (χ0n) is 17.5. The summed E-state index contributed by atoms with van der Waals surface area (Å²) in [6.07, 6.45) is 4.22. The highest BCUT2D eigenvalue weighted by atomic mass is 16.7. The number of piperidine rings is 1. The molecule has 0 aliphatic carbocycles. The molecule has 4 rings (SSSR count). The molecule has 0 saturated carbocycles. The van der Waals surface area contributed by atoms with Crippen molar-refractivity contribution in [2.75, 3.05) is 39.3 Å². The van der Waals surface area contributed by atoms with Crippen molar-refractivity contribution >= 4 is 11.9 Å². The van der Waals surface area contributed by atoms with Gasteiger partial charge in [-0.25, -0.2) is 9.78 Å².